The molecule has 1 atom stereocenters. The van der Waals surface area contributed by atoms with Crippen LogP contribution in [0, 0.1) is 13.8 Å². The molecule has 2 rings (SSSR count). The van der Waals surface area contributed by atoms with E-state index in [0.717, 1.165) is 11.1 Å². The molecule has 0 amide bonds. The van der Waals surface area contributed by atoms with Gasteiger partial charge in [0.15, 0.2) is 5.82 Å². The number of aryl methyl sites for hydroxylation is 2. The van der Waals surface area contributed by atoms with Crippen LogP contribution in [0.3, 0.4) is 0 Å². The predicted molar refractivity (Wildman–Crippen MR) is 56.2 cm³/mol. The lowest BCUT2D eigenvalue weighted by molar-refractivity contribution is 0.385. The van der Waals surface area contributed by atoms with Crippen LogP contribution in [0.5, 0.6) is 0 Å². The quantitative estimate of drug-likeness (QED) is 0.807. The minimum absolute atomic E-state index is 0.316. The highest BCUT2D eigenvalue weighted by Gasteiger charge is 2.16. The van der Waals surface area contributed by atoms with Crippen molar-refractivity contribution < 1.29 is 4.52 Å². The second kappa shape index (κ2) is 3.82. The minimum Gasteiger partial charge on any atom is -0.340 e. The fraction of sp³-hybridized carbons (Fsp3) is 0.273. The summed E-state index contributed by atoms with van der Waals surface area (Å²) in [6, 6.07) is 7.61. The van der Waals surface area contributed by atoms with Crippen molar-refractivity contribution in [2.45, 2.75) is 19.9 Å². The van der Waals surface area contributed by atoms with E-state index in [-0.39, 0.29) is 6.04 Å². The van der Waals surface area contributed by atoms with Crippen LogP contribution in [0.4, 0.5) is 0 Å². The van der Waals surface area contributed by atoms with Crippen LogP contribution in [-0.2, 0) is 0 Å². The van der Waals surface area contributed by atoms with Crippen molar-refractivity contribution in [3.63, 3.8) is 0 Å². The Morgan fingerprint density at radius 1 is 1.27 bits per heavy atom. The Labute approximate surface area is 88.1 Å². The molecule has 0 fully saturated rings. The van der Waals surface area contributed by atoms with Gasteiger partial charge >= 0.3 is 0 Å². The summed E-state index contributed by atoms with van der Waals surface area (Å²) in [6.45, 7) is 3.77. The van der Waals surface area contributed by atoms with Gasteiger partial charge in [0.25, 0.3) is 0 Å². The molecule has 0 saturated carbocycles. The third kappa shape index (κ3) is 1.89. The van der Waals surface area contributed by atoms with E-state index in [1.807, 2.05) is 31.2 Å². The lowest BCUT2D eigenvalue weighted by Crippen LogP contribution is -2.14. The molecule has 0 aliphatic heterocycles. The second-order valence-electron chi connectivity index (χ2n) is 3.51. The zero-order chi connectivity index (χ0) is 10.8. The predicted octanol–water partition coefficient (Wildman–Crippen LogP) is 1.73. The molecule has 1 heterocycles. The van der Waals surface area contributed by atoms with Gasteiger partial charge in [-0.05, 0) is 18.1 Å². The summed E-state index contributed by atoms with van der Waals surface area (Å²) in [5, 5.41) is 3.82. The molecule has 1 unspecified atom stereocenters. The van der Waals surface area contributed by atoms with E-state index >= 15 is 0 Å². The van der Waals surface area contributed by atoms with Gasteiger partial charge in [0.05, 0.1) is 6.04 Å². The number of hydrogen-bond acceptors (Lipinski definition) is 4. The van der Waals surface area contributed by atoms with Crippen LogP contribution in [-0.4, -0.2) is 10.1 Å². The number of nitrogens with two attached hydrogens (primary N) is 1. The Morgan fingerprint density at radius 3 is 2.60 bits per heavy atom. The van der Waals surface area contributed by atoms with Gasteiger partial charge in [-0.25, -0.2) is 0 Å². The van der Waals surface area contributed by atoms with Crippen LogP contribution in [0.15, 0.2) is 28.8 Å². The molecule has 0 aliphatic carbocycles. The Bertz CT molecular complexity index is 464. The first-order chi connectivity index (χ1) is 7.18. The molecule has 0 radical (unpaired) electrons. The molecule has 4 nitrogen and oxygen atoms in total. The maximum Gasteiger partial charge on any atom is 0.223 e. The van der Waals surface area contributed by atoms with Gasteiger partial charge in [-0.1, -0.05) is 29.4 Å². The third-order valence-corrected chi connectivity index (χ3v) is 2.34. The standard InChI is InChI=1S/C11H13N3O/c1-7-5-3-4-6-9(7)10(12)11-13-8(2)15-14-11/h3-6,10H,12H2,1-2H3. The van der Waals surface area contributed by atoms with Gasteiger partial charge in [0.1, 0.15) is 0 Å². The van der Waals surface area contributed by atoms with Crippen molar-refractivity contribution in [2.75, 3.05) is 0 Å². The number of benzene rings is 1. The normalized spacial score (nSPS) is 12.7. The minimum atomic E-state index is -0.316. The monoisotopic (exact) mass is 203 g/mol. The van der Waals surface area contributed by atoms with Crippen LogP contribution >= 0.6 is 0 Å². The molecule has 2 N–H and O–H groups in total. The Kier molecular flexibility index (Phi) is 2.51. The highest BCUT2D eigenvalue weighted by Crippen LogP contribution is 2.19. The molecule has 4 heteroatoms. The van der Waals surface area contributed by atoms with E-state index in [2.05, 4.69) is 10.1 Å². The average molecular weight is 203 g/mol. The third-order valence-electron chi connectivity index (χ3n) is 2.34. The molecule has 0 aliphatic rings. The van der Waals surface area contributed by atoms with E-state index in [1.165, 1.54) is 0 Å². The molecule has 0 saturated heterocycles. The van der Waals surface area contributed by atoms with Crippen LogP contribution in [0.1, 0.15) is 28.9 Å². The SMILES string of the molecule is Cc1nc(C(N)c2ccccc2C)no1. The summed E-state index contributed by atoms with van der Waals surface area (Å²) in [5.74, 6) is 1.07. The smallest absolute Gasteiger partial charge is 0.223 e. The molecular formula is C11H13N3O. The molecule has 1 aromatic heterocycles. The summed E-state index contributed by atoms with van der Waals surface area (Å²) in [6.07, 6.45) is 0. The summed E-state index contributed by atoms with van der Waals surface area (Å²) in [4.78, 5) is 4.13. The van der Waals surface area contributed by atoms with Crippen molar-refractivity contribution in [3.05, 3.63) is 47.1 Å². The van der Waals surface area contributed by atoms with Crippen molar-refractivity contribution in [1.29, 1.82) is 0 Å². The van der Waals surface area contributed by atoms with Crippen molar-refractivity contribution >= 4 is 0 Å². The summed E-state index contributed by atoms with van der Waals surface area (Å²) >= 11 is 0. The number of rotatable bonds is 2. The summed E-state index contributed by atoms with van der Waals surface area (Å²) in [5.41, 5.74) is 8.20. The maximum absolute atomic E-state index is 6.05. The molecular weight excluding hydrogens is 190 g/mol. The lowest BCUT2D eigenvalue weighted by Gasteiger charge is -2.10. The zero-order valence-electron chi connectivity index (χ0n) is 8.77. The van der Waals surface area contributed by atoms with Gasteiger partial charge in [0, 0.05) is 6.92 Å². The van der Waals surface area contributed by atoms with Gasteiger partial charge in [-0.2, -0.15) is 4.98 Å². The van der Waals surface area contributed by atoms with E-state index < -0.39 is 0 Å². The Morgan fingerprint density at radius 2 is 2.00 bits per heavy atom. The molecule has 15 heavy (non-hydrogen) atoms. The van der Waals surface area contributed by atoms with E-state index in [0.29, 0.717) is 11.7 Å². The van der Waals surface area contributed by atoms with Gasteiger partial charge < -0.3 is 10.3 Å². The Hall–Kier alpha value is -1.68. The second-order valence-corrected chi connectivity index (χ2v) is 3.51. The average Bonchev–Trinajstić information content (AvgIpc) is 2.65. The van der Waals surface area contributed by atoms with E-state index in [9.17, 15) is 0 Å². The van der Waals surface area contributed by atoms with Gasteiger partial charge in [0.2, 0.25) is 5.89 Å². The highest BCUT2D eigenvalue weighted by molar-refractivity contribution is 5.31. The van der Waals surface area contributed by atoms with Crippen molar-refractivity contribution in [2.24, 2.45) is 5.73 Å². The maximum atomic E-state index is 6.05. The molecule has 78 valence electrons. The lowest BCUT2D eigenvalue weighted by atomic mass is 10.0. The molecule has 0 bridgehead atoms. The first kappa shape index (κ1) is 9.86. The van der Waals surface area contributed by atoms with Gasteiger partial charge in [-0.15, -0.1) is 0 Å². The zero-order valence-corrected chi connectivity index (χ0v) is 8.77. The number of nitrogens with zero attached hydrogens (tertiary/aromatic N) is 2. The van der Waals surface area contributed by atoms with Crippen LogP contribution < -0.4 is 5.73 Å². The Balaban J connectivity index is 2.36. The summed E-state index contributed by atoms with van der Waals surface area (Å²) < 4.78 is 4.91. The summed E-state index contributed by atoms with van der Waals surface area (Å²) in [7, 11) is 0. The molecule has 2 aromatic rings. The van der Waals surface area contributed by atoms with Crippen molar-refractivity contribution in [1.82, 2.24) is 10.1 Å². The van der Waals surface area contributed by atoms with Crippen LogP contribution in [0.25, 0.3) is 0 Å². The largest absolute Gasteiger partial charge is 0.340 e. The van der Waals surface area contributed by atoms with Crippen LogP contribution in [0.2, 0.25) is 0 Å². The molecule has 1 aromatic carbocycles. The fourth-order valence-electron chi connectivity index (χ4n) is 1.52. The fourth-order valence-corrected chi connectivity index (χ4v) is 1.52. The number of hydrogen-bond donors (Lipinski definition) is 1. The highest BCUT2D eigenvalue weighted by atomic mass is 16.5. The topological polar surface area (TPSA) is 64.9 Å². The van der Waals surface area contributed by atoms with E-state index in [1.54, 1.807) is 6.92 Å². The number of aromatic nitrogens is 2. The first-order valence-corrected chi connectivity index (χ1v) is 4.80. The molecule has 0 spiro atoms. The first-order valence-electron chi connectivity index (χ1n) is 4.80. The van der Waals surface area contributed by atoms with E-state index in [4.69, 9.17) is 10.3 Å². The van der Waals surface area contributed by atoms with Crippen molar-refractivity contribution in [3.8, 4) is 0 Å². The van der Waals surface area contributed by atoms with Gasteiger partial charge in [-0.3, -0.25) is 0 Å².